The summed E-state index contributed by atoms with van der Waals surface area (Å²) in [6.45, 7) is 6.58. The molecule has 1 saturated heterocycles. The van der Waals surface area contributed by atoms with Gasteiger partial charge in [-0.25, -0.2) is 8.42 Å². The first-order chi connectivity index (χ1) is 16.7. The maximum atomic E-state index is 13.5. The van der Waals surface area contributed by atoms with Crippen molar-refractivity contribution in [2.45, 2.75) is 48.9 Å². The molecule has 1 N–H and O–H groups in total. The zero-order valence-electron chi connectivity index (χ0n) is 20.3. The highest BCUT2D eigenvalue weighted by molar-refractivity contribution is 8.02. The Kier molecular flexibility index (Phi) is 7.69. The van der Waals surface area contributed by atoms with E-state index in [0.29, 0.717) is 18.7 Å². The molecule has 3 aromatic carbocycles. The van der Waals surface area contributed by atoms with E-state index in [1.807, 2.05) is 72.8 Å². The molecule has 0 bridgehead atoms. The highest BCUT2D eigenvalue weighted by Crippen LogP contribution is 2.32. The van der Waals surface area contributed by atoms with Gasteiger partial charge in [-0.15, -0.1) is 11.8 Å². The molecule has 0 aliphatic carbocycles. The number of rotatable bonds is 7. The highest BCUT2D eigenvalue weighted by Gasteiger charge is 2.40. The van der Waals surface area contributed by atoms with Crippen molar-refractivity contribution in [2.24, 2.45) is 0 Å². The van der Waals surface area contributed by atoms with Crippen molar-refractivity contribution >= 4 is 27.7 Å². The van der Waals surface area contributed by atoms with Gasteiger partial charge in [0.2, 0.25) is 15.9 Å². The van der Waals surface area contributed by atoms with Crippen LogP contribution in [0.15, 0.2) is 89.8 Å². The number of sulfonamides is 1. The topological polar surface area (TPSA) is 66.5 Å². The Balaban J connectivity index is 1.55. The zero-order valence-corrected chi connectivity index (χ0v) is 22.0. The molecule has 0 spiro atoms. The average molecular weight is 509 g/mol. The molecule has 1 aliphatic heterocycles. The summed E-state index contributed by atoms with van der Waals surface area (Å²) in [6.07, 6.45) is 0.620. The zero-order chi connectivity index (χ0) is 25.1. The molecule has 0 radical (unpaired) electrons. The van der Waals surface area contributed by atoms with Crippen LogP contribution in [0.3, 0.4) is 0 Å². The first-order valence-corrected chi connectivity index (χ1v) is 14.3. The predicted molar refractivity (Wildman–Crippen MR) is 143 cm³/mol. The van der Waals surface area contributed by atoms with Crippen LogP contribution in [0, 0.1) is 0 Å². The van der Waals surface area contributed by atoms with E-state index in [2.05, 4.69) is 26.1 Å². The summed E-state index contributed by atoms with van der Waals surface area (Å²) >= 11 is 1.37. The van der Waals surface area contributed by atoms with Gasteiger partial charge in [-0.3, -0.25) is 4.79 Å². The van der Waals surface area contributed by atoms with E-state index in [9.17, 15) is 13.2 Å². The summed E-state index contributed by atoms with van der Waals surface area (Å²) in [6, 6.07) is 26.5. The molecule has 1 aliphatic rings. The molecular weight excluding hydrogens is 476 g/mol. The van der Waals surface area contributed by atoms with Gasteiger partial charge in [0.1, 0.15) is 5.37 Å². The molecule has 1 fully saturated rings. The lowest BCUT2D eigenvalue weighted by atomic mass is 9.87. The number of nitrogens with one attached hydrogen (secondary N) is 1. The minimum Gasteiger partial charge on any atom is -0.347 e. The van der Waals surface area contributed by atoms with Gasteiger partial charge < -0.3 is 5.32 Å². The van der Waals surface area contributed by atoms with Gasteiger partial charge in [-0.2, -0.15) is 4.31 Å². The molecule has 1 heterocycles. The number of amides is 1. The van der Waals surface area contributed by atoms with E-state index in [4.69, 9.17) is 0 Å². The molecule has 0 saturated carbocycles. The van der Waals surface area contributed by atoms with Gasteiger partial charge in [0.15, 0.2) is 0 Å². The van der Waals surface area contributed by atoms with Crippen molar-refractivity contribution in [3.63, 3.8) is 0 Å². The summed E-state index contributed by atoms with van der Waals surface area (Å²) in [7, 11) is -3.80. The van der Waals surface area contributed by atoms with Crippen LogP contribution in [0.1, 0.15) is 43.5 Å². The van der Waals surface area contributed by atoms with Crippen LogP contribution in [0.4, 0.5) is 0 Å². The van der Waals surface area contributed by atoms with Crippen LogP contribution in [0.2, 0.25) is 0 Å². The normalized spacial score (nSPS) is 17.7. The van der Waals surface area contributed by atoms with Crippen molar-refractivity contribution in [2.75, 3.05) is 12.3 Å². The lowest BCUT2D eigenvalue weighted by Crippen LogP contribution is -2.46. The summed E-state index contributed by atoms with van der Waals surface area (Å²) in [5.74, 6) is 0.290. The van der Waals surface area contributed by atoms with Gasteiger partial charge in [0, 0.05) is 12.3 Å². The Morgan fingerprint density at radius 2 is 1.57 bits per heavy atom. The molecule has 35 heavy (non-hydrogen) atoms. The minimum atomic E-state index is -3.80. The second-order valence-electron chi connectivity index (χ2n) is 9.77. The maximum Gasteiger partial charge on any atom is 0.249 e. The molecule has 3 aromatic rings. The fourth-order valence-corrected chi connectivity index (χ4v) is 7.28. The van der Waals surface area contributed by atoms with Crippen molar-refractivity contribution in [1.29, 1.82) is 0 Å². The first-order valence-electron chi connectivity index (χ1n) is 11.8. The van der Waals surface area contributed by atoms with Crippen molar-refractivity contribution in [3.8, 4) is 0 Å². The fourth-order valence-electron chi connectivity index (χ4n) is 4.20. The summed E-state index contributed by atoms with van der Waals surface area (Å²) in [4.78, 5) is 13.7. The molecule has 1 amide bonds. The fraction of sp³-hybridized carbons (Fsp3) is 0.321. The standard InChI is InChI=1S/C28H32N2O3S2/c1-28(2,3)23-14-16-24(17-15-23)35(32,33)30-18-19-34-27(30)26(31)29-25(22-12-8-5-9-13-22)20-21-10-6-4-7-11-21/h4-17,25,27H,18-20H2,1-3H3,(H,29,31). The average Bonchev–Trinajstić information content (AvgIpc) is 3.36. The SMILES string of the molecule is CC(C)(C)c1ccc(S(=O)(=O)N2CCSC2C(=O)NC(Cc2ccccc2)c2ccccc2)cc1. The van der Waals surface area contributed by atoms with Crippen LogP contribution < -0.4 is 5.32 Å². The smallest absolute Gasteiger partial charge is 0.249 e. The Bertz CT molecular complexity index is 1240. The maximum absolute atomic E-state index is 13.5. The second kappa shape index (κ2) is 10.6. The van der Waals surface area contributed by atoms with Crippen LogP contribution in [0.25, 0.3) is 0 Å². The lowest BCUT2D eigenvalue weighted by molar-refractivity contribution is -0.122. The lowest BCUT2D eigenvalue weighted by Gasteiger charge is -2.26. The highest BCUT2D eigenvalue weighted by atomic mass is 32.2. The van der Waals surface area contributed by atoms with E-state index in [-0.39, 0.29) is 22.3 Å². The quantitative estimate of drug-likeness (QED) is 0.479. The molecule has 7 heteroatoms. The van der Waals surface area contributed by atoms with Crippen LogP contribution >= 0.6 is 11.8 Å². The van der Waals surface area contributed by atoms with Crippen molar-refractivity contribution in [1.82, 2.24) is 9.62 Å². The van der Waals surface area contributed by atoms with Gasteiger partial charge in [-0.05, 0) is 40.7 Å². The summed E-state index contributed by atoms with van der Waals surface area (Å²) in [5, 5.41) is 2.34. The molecule has 2 atom stereocenters. The van der Waals surface area contributed by atoms with E-state index in [1.54, 1.807) is 12.1 Å². The third-order valence-corrected chi connectivity index (χ3v) is 9.42. The number of carbonyl (C=O) groups excluding carboxylic acids is 1. The summed E-state index contributed by atoms with van der Waals surface area (Å²) < 4.78 is 28.3. The molecular formula is C28H32N2O3S2. The van der Waals surface area contributed by atoms with Crippen LogP contribution in [0.5, 0.6) is 0 Å². The van der Waals surface area contributed by atoms with E-state index < -0.39 is 15.4 Å². The third kappa shape index (κ3) is 5.97. The molecule has 2 unspecified atom stereocenters. The Morgan fingerprint density at radius 1 is 0.971 bits per heavy atom. The van der Waals surface area contributed by atoms with E-state index in [0.717, 1.165) is 16.7 Å². The molecule has 0 aromatic heterocycles. The molecule has 5 nitrogen and oxygen atoms in total. The van der Waals surface area contributed by atoms with Gasteiger partial charge >= 0.3 is 0 Å². The monoisotopic (exact) mass is 508 g/mol. The molecule has 4 rings (SSSR count). The summed E-state index contributed by atoms with van der Waals surface area (Å²) in [5.41, 5.74) is 3.08. The Labute approximate surface area is 213 Å². The third-order valence-electron chi connectivity index (χ3n) is 6.20. The minimum absolute atomic E-state index is 0.0700. The first kappa shape index (κ1) is 25.5. The Morgan fingerprint density at radius 3 is 2.17 bits per heavy atom. The number of nitrogens with zero attached hydrogens (tertiary/aromatic N) is 1. The predicted octanol–water partition coefficient (Wildman–Crippen LogP) is 5.15. The van der Waals surface area contributed by atoms with E-state index >= 15 is 0 Å². The molecule has 184 valence electrons. The Hall–Kier alpha value is -2.61. The largest absolute Gasteiger partial charge is 0.347 e. The number of benzene rings is 3. The van der Waals surface area contributed by atoms with Crippen LogP contribution in [-0.4, -0.2) is 36.3 Å². The van der Waals surface area contributed by atoms with Gasteiger partial charge in [0.05, 0.1) is 10.9 Å². The van der Waals surface area contributed by atoms with Crippen molar-refractivity contribution < 1.29 is 13.2 Å². The number of thioether (sulfide) groups is 1. The second-order valence-corrected chi connectivity index (χ2v) is 12.9. The number of hydrogen-bond donors (Lipinski definition) is 1. The van der Waals surface area contributed by atoms with Crippen LogP contribution in [-0.2, 0) is 26.7 Å². The van der Waals surface area contributed by atoms with Gasteiger partial charge in [0.25, 0.3) is 0 Å². The number of hydrogen-bond acceptors (Lipinski definition) is 4. The number of carbonyl (C=O) groups is 1. The van der Waals surface area contributed by atoms with Crippen molar-refractivity contribution in [3.05, 3.63) is 102 Å². The van der Waals surface area contributed by atoms with E-state index in [1.165, 1.54) is 16.1 Å². The van der Waals surface area contributed by atoms with Gasteiger partial charge in [-0.1, -0.05) is 93.6 Å².